The van der Waals surface area contributed by atoms with Crippen LogP contribution in [-0.4, -0.2) is 29.9 Å². The molecule has 1 N–H and O–H groups in total. The maximum Gasteiger partial charge on any atom is 0.405 e. The van der Waals surface area contributed by atoms with Crippen molar-refractivity contribution < 1.29 is 18.3 Å². The molecule has 1 aromatic rings. The summed E-state index contributed by atoms with van der Waals surface area (Å²) in [7, 11) is 1.32. The van der Waals surface area contributed by atoms with E-state index >= 15 is 0 Å². The summed E-state index contributed by atoms with van der Waals surface area (Å²) in [4.78, 5) is 4.86. The average molecular weight is 234 g/mol. The molecule has 1 aromatic heterocycles. The number of nitrogens with zero attached hydrogens (tertiary/aromatic N) is 2. The van der Waals surface area contributed by atoms with Gasteiger partial charge < -0.3 is 10.0 Å². The van der Waals surface area contributed by atoms with Crippen LogP contribution in [0, 0.1) is 0 Å². The Morgan fingerprint density at radius 1 is 1.44 bits per heavy atom. The van der Waals surface area contributed by atoms with Gasteiger partial charge in [0.15, 0.2) is 0 Å². The molecule has 16 heavy (non-hydrogen) atoms. The zero-order valence-corrected chi connectivity index (χ0v) is 8.99. The Labute approximate surface area is 91.5 Å². The smallest absolute Gasteiger partial charge is 0.389 e. The average Bonchev–Trinajstić information content (AvgIpc) is 2.15. The highest BCUT2D eigenvalue weighted by Crippen LogP contribution is 2.20. The monoisotopic (exact) mass is 234 g/mol. The number of aromatic nitrogens is 1. The molecule has 1 atom stereocenters. The van der Waals surface area contributed by atoms with Crippen LogP contribution in [0.15, 0.2) is 18.3 Å². The quantitative estimate of drug-likeness (QED) is 0.870. The lowest BCUT2D eigenvalue weighted by Crippen LogP contribution is -2.31. The molecule has 3 nitrogen and oxygen atoms in total. The van der Waals surface area contributed by atoms with Crippen LogP contribution in [0.3, 0.4) is 0 Å². The van der Waals surface area contributed by atoms with Crippen molar-refractivity contribution in [3.05, 3.63) is 23.9 Å². The molecule has 0 unspecified atom stereocenters. The zero-order chi connectivity index (χ0) is 12.3. The maximum absolute atomic E-state index is 12.1. The third-order valence-corrected chi connectivity index (χ3v) is 2.06. The van der Waals surface area contributed by atoms with E-state index < -0.39 is 18.8 Å². The second kappa shape index (κ2) is 4.69. The topological polar surface area (TPSA) is 36.4 Å². The maximum atomic E-state index is 12.1. The molecular weight excluding hydrogens is 221 g/mol. The minimum absolute atomic E-state index is 0.224. The Hall–Kier alpha value is -1.30. The van der Waals surface area contributed by atoms with E-state index in [0.717, 1.165) is 4.90 Å². The first-order valence-electron chi connectivity index (χ1n) is 4.71. The summed E-state index contributed by atoms with van der Waals surface area (Å²) in [5.41, 5.74) is 0.573. The molecule has 6 heteroatoms. The normalized spacial score (nSPS) is 13.6. The number of rotatable bonds is 3. The van der Waals surface area contributed by atoms with Crippen LogP contribution in [0.2, 0.25) is 0 Å². The number of aliphatic hydroxyl groups is 1. The van der Waals surface area contributed by atoms with Crippen molar-refractivity contribution in [2.45, 2.75) is 19.2 Å². The second-order valence-corrected chi connectivity index (χ2v) is 3.60. The number of hydrogen-bond acceptors (Lipinski definition) is 3. The molecule has 0 fully saturated rings. The molecule has 0 aromatic carbocycles. The molecule has 0 saturated heterocycles. The van der Waals surface area contributed by atoms with Crippen molar-refractivity contribution in [3.8, 4) is 0 Å². The van der Waals surface area contributed by atoms with Gasteiger partial charge in [0.1, 0.15) is 12.4 Å². The van der Waals surface area contributed by atoms with Crippen LogP contribution in [0.4, 0.5) is 19.0 Å². The van der Waals surface area contributed by atoms with Crippen molar-refractivity contribution in [3.63, 3.8) is 0 Å². The summed E-state index contributed by atoms with van der Waals surface area (Å²) >= 11 is 0. The highest BCUT2D eigenvalue weighted by Gasteiger charge is 2.29. The first-order chi connectivity index (χ1) is 7.29. The van der Waals surface area contributed by atoms with E-state index in [1.54, 1.807) is 13.0 Å². The standard InChI is InChI=1S/C10H13F3N2O/c1-7(16)8-3-4-9(14-5-8)15(2)6-10(11,12)13/h3-5,7,16H,6H2,1-2H3/t7-/m1/s1. The number of halogens is 3. The predicted molar refractivity (Wildman–Crippen MR) is 54.2 cm³/mol. The summed E-state index contributed by atoms with van der Waals surface area (Å²) in [6, 6.07) is 3.01. The lowest BCUT2D eigenvalue weighted by molar-refractivity contribution is -0.119. The third kappa shape index (κ3) is 3.69. The number of hydrogen-bond donors (Lipinski definition) is 1. The Morgan fingerprint density at radius 2 is 2.06 bits per heavy atom. The van der Waals surface area contributed by atoms with Crippen molar-refractivity contribution in [1.82, 2.24) is 4.98 Å². The van der Waals surface area contributed by atoms with Gasteiger partial charge in [-0.3, -0.25) is 0 Å². The van der Waals surface area contributed by atoms with Gasteiger partial charge in [0, 0.05) is 13.2 Å². The summed E-state index contributed by atoms with van der Waals surface area (Å²) < 4.78 is 36.3. The fraction of sp³-hybridized carbons (Fsp3) is 0.500. The van der Waals surface area contributed by atoms with Gasteiger partial charge >= 0.3 is 6.18 Å². The van der Waals surface area contributed by atoms with Gasteiger partial charge in [-0.15, -0.1) is 0 Å². The SMILES string of the molecule is C[C@@H](O)c1ccc(N(C)CC(F)(F)F)nc1. The molecule has 0 spiro atoms. The molecule has 90 valence electrons. The lowest BCUT2D eigenvalue weighted by atomic mass is 10.2. The van der Waals surface area contributed by atoms with E-state index in [1.807, 2.05) is 0 Å². The molecule has 1 heterocycles. The summed E-state index contributed by atoms with van der Waals surface area (Å²) in [6.45, 7) is 0.518. The van der Waals surface area contributed by atoms with Crippen molar-refractivity contribution in [2.75, 3.05) is 18.5 Å². The highest BCUT2D eigenvalue weighted by atomic mass is 19.4. The summed E-state index contributed by atoms with van der Waals surface area (Å²) in [5.74, 6) is 0.224. The third-order valence-electron chi connectivity index (χ3n) is 2.06. The molecule has 0 aliphatic rings. The van der Waals surface area contributed by atoms with Crippen LogP contribution in [0.5, 0.6) is 0 Å². The van der Waals surface area contributed by atoms with Gasteiger partial charge in [0.05, 0.1) is 6.10 Å². The molecule has 0 aliphatic heterocycles. The highest BCUT2D eigenvalue weighted by molar-refractivity contribution is 5.38. The second-order valence-electron chi connectivity index (χ2n) is 3.60. The van der Waals surface area contributed by atoms with E-state index in [9.17, 15) is 18.3 Å². The van der Waals surface area contributed by atoms with Crippen LogP contribution >= 0.6 is 0 Å². The van der Waals surface area contributed by atoms with Gasteiger partial charge in [-0.1, -0.05) is 6.07 Å². The fourth-order valence-corrected chi connectivity index (χ4v) is 1.22. The molecule has 1 rings (SSSR count). The fourth-order valence-electron chi connectivity index (χ4n) is 1.22. The Morgan fingerprint density at radius 3 is 2.44 bits per heavy atom. The van der Waals surface area contributed by atoms with Crippen molar-refractivity contribution >= 4 is 5.82 Å². The van der Waals surface area contributed by atoms with Gasteiger partial charge in [-0.2, -0.15) is 13.2 Å². The largest absolute Gasteiger partial charge is 0.405 e. The Balaban J connectivity index is 2.74. The van der Waals surface area contributed by atoms with E-state index in [2.05, 4.69) is 4.98 Å². The first-order valence-corrected chi connectivity index (χ1v) is 4.71. The van der Waals surface area contributed by atoms with Gasteiger partial charge in [-0.05, 0) is 18.6 Å². The molecule has 0 saturated carbocycles. The van der Waals surface area contributed by atoms with E-state index in [-0.39, 0.29) is 5.82 Å². The minimum Gasteiger partial charge on any atom is -0.389 e. The van der Waals surface area contributed by atoms with Gasteiger partial charge in [0.25, 0.3) is 0 Å². The predicted octanol–water partition coefficient (Wildman–Crippen LogP) is 2.13. The number of alkyl halides is 3. The van der Waals surface area contributed by atoms with Gasteiger partial charge in [0.2, 0.25) is 0 Å². The van der Waals surface area contributed by atoms with E-state index in [4.69, 9.17) is 0 Å². The minimum atomic E-state index is -4.25. The van der Waals surface area contributed by atoms with Crippen LogP contribution in [0.25, 0.3) is 0 Å². The Bertz CT molecular complexity index is 335. The first kappa shape index (κ1) is 12.8. The van der Waals surface area contributed by atoms with Crippen LogP contribution < -0.4 is 4.90 Å². The van der Waals surface area contributed by atoms with Crippen molar-refractivity contribution in [2.24, 2.45) is 0 Å². The van der Waals surface area contributed by atoms with E-state index in [1.165, 1.54) is 19.3 Å². The lowest BCUT2D eigenvalue weighted by Gasteiger charge is -2.20. The van der Waals surface area contributed by atoms with Crippen LogP contribution in [-0.2, 0) is 0 Å². The van der Waals surface area contributed by atoms with E-state index in [0.29, 0.717) is 5.56 Å². The van der Waals surface area contributed by atoms with Gasteiger partial charge in [-0.25, -0.2) is 4.98 Å². The summed E-state index contributed by atoms with van der Waals surface area (Å²) in [6.07, 6.45) is -3.55. The molecular formula is C10H13F3N2O. The molecule has 0 amide bonds. The number of pyridine rings is 1. The Kier molecular flexibility index (Phi) is 3.74. The van der Waals surface area contributed by atoms with Crippen LogP contribution in [0.1, 0.15) is 18.6 Å². The number of aliphatic hydroxyl groups excluding tert-OH is 1. The molecule has 0 bridgehead atoms. The van der Waals surface area contributed by atoms with Crippen molar-refractivity contribution in [1.29, 1.82) is 0 Å². The summed E-state index contributed by atoms with van der Waals surface area (Å²) in [5, 5.41) is 9.21. The zero-order valence-electron chi connectivity index (χ0n) is 8.99. The molecule has 0 radical (unpaired) electrons. The molecule has 0 aliphatic carbocycles. The number of anilines is 1.